The van der Waals surface area contributed by atoms with E-state index in [0.29, 0.717) is 0 Å². The highest BCUT2D eigenvalue weighted by molar-refractivity contribution is 6.25. The first kappa shape index (κ1) is 31.7. The van der Waals surface area contributed by atoms with E-state index < -0.39 is 0 Å². The Balaban J connectivity index is 1.16. The minimum Gasteiger partial charge on any atom is -0.0622 e. The third-order valence-corrected chi connectivity index (χ3v) is 10.8. The first-order valence-corrected chi connectivity index (χ1v) is 18.7. The number of hydrogen-bond acceptors (Lipinski definition) is 0. The molecule has 0 spiro atoms. The third kappa shape index (κ3) is 5.66. The predicted molar refractivity (Wildman–Crippen MR) is 234 cm³/mol. The molecule has 0 radical (unpaired) electrons. The van der Waals surface area contributed by atoms with E-state index in [-0.39, 0.29) is 0 Å². The smallest absolute Gasteiger partial charge is 0.00199 e. The topological polar surface area (TPSA) is 0 Å². The van der Waals surface area contributed by atoms with Crippen molar-refractivity contribution < 1.29 is 0 Å². The fourth-order valence-electron chi connectivity index (χ4n) is 8.26. The molecule has 10 aromatic carbocycles. The average molecular weight is 685 g/mol. The lowest BCUT2D eigenvalue weighted by atomic mass is 9.83. The van der Waals surface area contributed by atoms with E-state index in [1.54, 1.807) is 0 Å². The lowest BCUT2D eigenvalue weighted by molar-refractivity contribution is 1.58. The van der Waals surface area contributed by atoms with Crippen LogP contribution in [0.2, 0.25) is 0 Å². The Hall–Kier alpha value is -7.02. The van der Waals surface area contributed by atoms with Crippen molar-refractivity contribution in [3.05, 3.63) is 217 Å². The number of hydrogen-bond donors (Lipinski definition) is 0. The molecule has 252 valence electrons. The van der Waals surface area contributed by atoms with Gasteiger partial charge in [-0.3, -0.25) is 0 Å². The molecule has 0 aliphatic heterocycles. The Morgan fingerprint density at radius 3 is 1.30 bits per heavy atom. The fraction of sp³-hybridized carbons (Fsp3) is 0. The van der Waals surface area contributed by atoms with Crippen LogP contribution in [0, 0.1) is 0 Å². The van der Waals surface area contributed by atoms with Crippen molar-refractivity contribution in [2.24, 2.45) is 0 Å². The molecule has 0 saturated heterocycles. The molecule has 0 aliphatic carbocycles. The van der Waals surface area contributed by atoms with Gasteiger partial charge in [0.2, 0.25) is 0 Å². The Kier molecular flexibility index (Phi) is 7.93. The second-order valence-electron chi connectivity index (χ2n) is 14.1. The molecule has 0 fully saturated rings. The zero-order valence-electron chi connectivity index (χ0n) is 29.8. The Bertz CT molecular complexity index is 3010. The summed E-state index contributed by atoms with van der Waals surface area (Å²) in [5.74, 6) is 0. The van der Waals surface area contributed by atoms with Crippen LogP contribution in [0.5, 0.6) is 0 Å². The van der Waals surface area contributed by atoms with Crippen LogP contribution in [-0.4, -0.2) is 0 Å². The Labute approximate surface area is 315 Å². The second-order valence-corrected chi connectivity index (χ2v) is 14.1. The maximum Gasteiger partial charge on any atom is -0.00199 e. The van der Waals surface area contributed by atoms with Gasteiger partial charge in [-0.25, -0.2) is 0 Å². The standard InChI is InChI=1S/C54H36/c1-2-13-37(14-3-1)27-28-38-15-10-20-43(35-38)39-29-31-40(32-30-39)44-33-34-51-52(36-44)54(48-26-12-19-42-17-5-7-22-46(42)48)50-24-9-8-23-49(50)53(51)47-25-11-18-41-16-4-6-21-45(41)47/h1-36H/b28-27-. The molecule has 54 heavy (non-hydrogen) atoms. The molecule has 10 aromatic rings. The van der Waals surface area contributed by atoms with Crippen molar-refractivity contribution in [1.82, 2.24) is 0 Å². The van der Waals surface area contributed by atoms with Crippen LogP contribution < -0.4 is 0 Å². The van der Waals surface area contributed by atoms with Crippen LogP contribution in [-0.2, 0) is 0 Å². The highest BCUT2D eigenvalue weighted by atomic mass is 14.2. The van der Waals surface area contributed by atoms with E-state index in [1.165, 1.54) is 98.7 Å². The fourth-order valence-corrected chi connectivity index (χ4v) is 8.26. The summed E-state index contributed by atoms with van der Waals surface area (Å²) in [6.45, 7) is 0. The Morgan fingerprint density at radius 2 is 0.667 bits per heavy atom. The van der Waals surface area contributed by atoms with Crippen molar-refractivity contribution in [3.63, 3.8) is 0 Å². The molecular formula is C54H36. The molecule has 0 amide bonds. The first-order valence-electron chi connectivity index (χ1n) is 18.7. The minimum absolute atomic E-state index is 1.19. The second kappa shape index (κ2) is 13.5. The van der Waals surface area contributed by atoms with Gasteiger partial charge in [0.15, 0.2) is 0 Å². The molecule has 10 rings (SSSR count). The zero-order chi connectivity index (χ0) is 35.8. The van der Waals surface area contributed by atoms with Gasteiger partial charge in [0.25, 0.3) is 0 Å². The van der Waals surface area contributed by atoms with E-state index >= 15 is 0 Å². The summed E-state index contributed by atoms with van der Waals surface area (Å²) in [7, 11) is 0. The summed E-state index contributed by atoms with van der Waals surface area (Å²) >= 11 is 0. The third-order valence-electron chi connectivity index (χ3n) is 10.8. The molecule has 0 atom stereocenters. The van der Waals surface area contributed by atoms with Gasteiger partial charge in [0.05, 0.1) is 0 Å². The van der Waals surface area contributed by atoms with Crippen LogP contribution in [0.4, 0.5) is 0 Å². The van der Waals surface area contributed by atoms with Crippen molar-refractivity contribution >= 4 is 55.2 Å². The van der Waals surface area contributed by atoms with Gasteiger partial charge in [0.1, 0.15) is 0 Å². The van der Waals surface area contributed by atoms with Gasteiger partial charge in [-0.05, 0) is 111 Å². The van der Waals surface area contributed by atoms with Gasteiger partial charge in [-0.2, -0.15) is 0 Å². The van der Waals surface area contributed by atoms with E-state index in [1.807, 2.05) is 0 Å². The quantitative estimate of drug-likeness (QED) is 0.121. The van der Waals surface area contributed by atoms with Crippen LogP contribution in [0.15, 0.2) is 206 Å². The molecule has 0 aliphatic rings. The first-order chi connectivity index (χ1) is 26.8. The normalized spacial score (nSPS) is 11.6. The molecule has 0 nitrogen and oxygen atoms in total. The molecule has 0 bridgehead atoms. The highest BCUT2D eigenvalue weighted by Gasteiger charge is 2.20. The summed E-state index contributed by atoms with van der Waals surface area (Å²) in [6, 6.07) is 75.3. The minimum atomic E-state index is 1.19. The maximum absolute atomic E-state index is 2.43. The van der Waals surface area contributed by atoms with Gasteiger partial charge < -0.3 is 0 Å². The summed E-state index contributed by atoms with van der Waals surface area (Å²) in [6.07, 6.45) is 4.36. The van der Waals surface area contributed by atoms with Gasteiger partial charge in [-0.15, -0.1) is 0 Å². The lowest BCUT2D eigenvalue weighted by Gasteiger charge is -2.20. The molecule has 0 N–H and O–H groups in total. The summed E-state index contributed by atoms with van der Waals surface area (Å²) in [5.41, 5.74) is 12.3. The molecule has 0 saturated carbocycles. The lowest BCUT2D eigenvalue weighted by Crippen LogP contribution is -1.93. The van der Waals surface area contributed by atoms with Gasteiger partial charge in [-0.1, -0.05) is 206 Å². The zero-order valence-corrected chi connectivity index (χ0v) is 29.8. The predicted octanol–water partition coefficient (Wildman–Crippen LogP) is 15.1. The average Bonchev–Trinajstić information content (AvgIpc) is 3.25. The maximum atomic E-state index is 2.43. The molecule has 0 aromatic heterocycles. The summed E-state index contributed by atoms with van der Waals surface area (Å²) in [4.78, 5) is 0. The van der Waals surface area contributed by atoms with Gasteiger partial charge in [0, 0.05) is 0 Å². The largest absolute Gasteiger partial charge is 0.0622 e. The highest BCUT2D eigenvalue weighted by Crippen LogP contribution is 2.47. The number of benzene rings is 10. The van der Waals surface area contributed by atoms with E-state index in [4.69, 9.17) is 0 Å². The Morgan fingerprint density at radius 1 is 0.241 bits per heavy atom. The van der Waals surface area contributed by atoms with Gasteiger partial charge >= 0.3 is 0 Å². The molecular weight excluding hydrogens is 649 g/mol. The monoisotopic (exact) mass is 684 g/mol. The molecule has 0 heteroatoms. The molecule has 0 unspecified atom stereocenters. The van der Waals surface area contributed by atoms with Crippen molar-refractivity contribution in [3.8, 4) is 44.5 Å². The van der Waals surface area contributed by atoms with Crippen molar-refractivity contribution in [1.29, 1.82) is 0 Å². The summed E-state index contributed by atoms with van der Waals surface area (Å²) in [5, 5.41) is 10.1. The SMILES string of the molecule is C(=C/c1cccc(-c2ccc(-c3ccc4c(-c5cccc6ccccc56)c5ccccc5c(-c5cccc6ccccc56)c4c3)cc2)c1)/c1ccccc1. The summed E-state index contributed by atoms with van der Waals surface area (Å²) < 4.78 is 0. The van der Waals surface area contributed by atoms with Crippen LogP contribution in [0.1, 0.15) is 11.1 Å². The number of rotatable bonds is 6. The molecule has 0 heterocycles. The van der Waals surface area contributed by atoms with Crippen LogP contribution in [0.3, 0.4) is 0 Å². The van der Waals surface area contributed by atoms with Crippen LogP contribution in [0.25, 0.3) is 99.7 Å². The van der Waals surface area contributed by atoms with E-state index in [0.717, 1.165) is 0 Å². The van der Waals surface area contributed by atoms with Crippen LogP contribution >= 0.6 is 0 Å². The number of fused-ring (bicyclic) bond motifs is 4. The van der Waals surface area contributed by atoms with E-state index in [2.05, 4.69) is 218 Å². The van der Waals surface area contributed by atoms with E-state index in [9.17, 15) is 0 Å². The van der Waals surface area contributed by atoms with Crippen molar-refractivity contribution in [2.75, 3.05) is 0 Å². The van der Waals surface area contributed by atoms with Crippen molar-refractivity contribution in [2.45, 2.75) is 0 Å².